The summed E-state index contributed by atoms with van der Waals surface area (Å²) in [7, 11) is 0. The lowest BCUT2D eigenvalue weighted by atomic mass is 9.47. The summed E-state index contributed by atoms with van der Waals surface area (Å²) in [5, 5.41) is 0. The minimum Gasteiger partial charge on any atom is -0.299 e. The van der Waals surface area contributed by atoms with Crippen molar-refractivity contribution in [3.63, 3.8) is 0 Å². The maximum absolute atomic E-state index is 12.6. The van der Waals surface area contributed by atoms with Crippen molar-refractivity contribution in [1.82, 2.24) is 0 Å². The average molecular weight is 326 g/mol. The predicted molar refractivity (Wildman–Crippen MR) is 89.5 cm³/mol. The monoisotopic (exact) mass is 326 g/mol. The van der Waals surface area contributed by atoms with E-state index in [0.29, 0.717) is 36.4 Å². The van der Waals surface area contributed by atoms with E-state index in [4.69, 9.17) is 0 Å². The van der Waals surface area contributed by atoms with Crippen LogP contribution in [0.2, 0.25) is 0 Å². The second-order valence-corrected chi connectivity index (χ2v) is 8.23. The molecule has 24 heavy (non-hydrogen) atoms. The fraction of sp³-hybridized carbons (Fsp3) is 0.619. The van der Waals surface area contributed by atoms with Crippen molar-refractivity contribution in [3.8, 4) is 12.1 Å². The van der Waals surface area contributed by atoms with Crippen LogP contribution in [-0.2, 0) is 9.59 Å². The Balaban J connectivity index is 1.75. The first kappa shape index (κ1) is 15.8. The van der Waals surface area contributed by atoms with Gasteiger partial charge in [0.2, 0.25) is 0 Å². The second kappa shape index (κ2) is 5.41. The van der Waals surface area contributed by atoms with Crippen LogP contribution in [0.1, 0.15) is 51.9 Å². The Bertz CT molecular complexity index is 722. The van der Waals surface area contributed by atoms with Crippen molar-refractivity contribution in [2.75, 3.05) is 0 Å². The molecule has 0 aliphatic heterocycles. The molecular weight excluding hydrogens is 303 g/mol. The Morgan fingerprint density at radius 1 is 1.21 bits per heavy atom. The van der Waals surface area contributed by atoms with Gasteiger partial charge in [0.25, 0.3) is 0 Å². The van der Waals surface area contributed by atoms with Gasteiger partial charge in [-0.1, -0.05) is 24.5 Å². The molecule has 0 heterocycles. The zero-order chi connectivity index (χ0) is 16.9. The highest BCUT2D eigenvalue weighted by molar-refractivity contribution is 6.01. The largest absolute Gasteiger partial charge is 0.299 e. The van der Waals surface area contributed by atoms with E-state index in [9.17, 15) is 14.0 Å². The summed E-state index contributed by atoms with van der Waals surface area (Å²) in [6.45, 7) is 2.16. The maximum atomic E-state index is 12.6. The van der Waals surface area contributed by atoms with Crippen LogP contribution >= 0.6 is 0 Å². The highest BCUT2D eigenvalue weighted by Gasteiger charge is 2.59. The molecule has 0 aromatic carbocycles. The number of Topliss-reactive ketones (excluding diaryl/α,β-unsaturated/α-hetero) is 1. The van der Waals surface area contributed by atoms with Gasteiger partial charge in [0.15, 0.2) is 5.78 Å². The molecular formula is C21H23FO2. The Hall–Kier alpha value is -1.69. The minimum atomic E-state index is -0.303. The molecule has 0 unspecified atom stereocenters. The van der Waals surface area contributed by atoms with Gasteiger partial charge >= 0.3 is 0 Å². The third-order valence-corrected chi connectivity index (χ3v) is 7.46. The number of ketones is 2. The van der Waals surface area contributed by atoms with Crippen LogP contribution in [-0.4, -0.2) is 11.6 Å². The first-order chi connectivity index (χ1) is 11.5. The fourth-order valence-corrected chi connectivity index (χ4v) is 6.26. The first-order valence-corrected chi connectivity index (χ1v) is 9.07. The van der Waals surface area contributed by atoms with Gasteiger partial charge in [-0.25, -0.2) is 0 Å². The Kier molecular flexibility index (Phi) is 3.56. The standard InChI is InChI=1S/C21H23FO2/c1-20-10-8-18-16(17(20)5-6-19(20)24)4-3-14-13-15(23)7-11-21(14,18)9-2-12-22/h7,11,13,16-18H,3-6,8-10H2,1H3/t16-,17-,18-,20-,21-/m0/s1. The molecule has 0 amide bonds. The minimum absolute atomic E-state index is 0.0315. The normalized spacial score (nSPS) is 43.2. The Morgan fingerprint density at radius 3 is 2.83 bits per heavy atom. The molecule has 3 fully saturated rings. The predicted octanol–water partition coefficient (Wildman–Crippen LogP) is 4.16. The summed E-state index contributed by atoms with van der Waals surface area (Å²) < 4.78 is 12.6. The van der Waals surface area contributed by atoms with Crippen molar-refractivity contribution >= 4 is 11.6 Å². The molecule has 4 aliphatic carbocycles. The molecule has 0 saturated heterocycles. The van der Waals surface area contributed by atoms with Crippen molar-refractivity contribution in [1.29, 1.82) is 0 Å². The summed E-state index contributed by atoms with van der Waals surface area (Å²) in [5.41, 5.74) is 0.666. The summed E-state index contributed by atoms with van der Waals surface area (Å²) in [4.78, 5) is 24.3. The molecule has 5 atom stereocenters. The van der Waals surface area contributed by atoms with E-state index in [0.717, 1.165) is 37.7 Å². The molecule has 126 valence electrons. The van der Waals surface area contributed by atoms with Crippen molar-refractivity contribution < 1.29 is 14.0 Å². The van der Waals surface area contributed by atoms with Crippen LogP contribution in [0.4, 0.5) is 4.39 Å². The van der Waals surface area contributed by atoms with E-state index in [1.54, 1.807) is 18.3 Å². The molecule has 0 aromatic rings. The van der Waals surface area contributed by atoms with Gasteiger partial charge in [0.05, 0.1) is 0 Å². The van der Waals surface area contributed by atoms with Crippen LogP contribution in [0.5, 0.6) is 0 Å². The van der Waals surface area contributed by atoms with E-state index < -0.39 is 0 Å². The SMILES string of the molecule is C[C@]12CC[C@H]3[C@@H](CCC4=CC(=O)C=C[C@@]43CC#CF)[C@@H]1CCC2=O. The lowest BCUT2D eigenvalue weighted by molar-refractivity contribution is -0.131. The molecule has 3 heteroatoms. The quantitative estimate of drug-likeness (QED) is 0.678. The summed E-state index contributed by atoms with van der Waals surface area (Å²) in [6.07, 6.45) is 12.9. The number of carbonyl (C=O) groups is 2. The number of fused-ring (bicyclic) bond motifs is 5. The third-order valence-electron chi connectivity index (χ3n) is 7.46. The van der Waals surface area contributed by atoms with Crippen LogP contribution in [0.25, 0.3) is 0 Å². The van der Waals surface area contributed by atoms with Crippen LogP contribution in [0.3, 0.4) is 0 Å². The van der Waals surface area contributed by atoms with Gasteiger partial charge in [-0.2, -0.15) is 0 Å². The third kappa shape index (κ3) is 2.01. The number of allylic oxidation sites excluding steroid dienone is 4. The van der Waals surface area contributed by atoms with Gasteiger partial charge in [0.1, 0.15) is 12.0 Å². The molecule has 0 spiro atoms. The van der Waals surface area contributed by atoms with E-state index in [1.165, 1.54) is 0 Å². The Morgan fingerprint density at radius 2 is 2.04 bits per heavy atom. The molecule has 0 radical (unpaired) electrons. The lowest BCUT2D eigenvalue weighted by Crippen LogP contribution is -2.50. The number of rotatable bonds is 1. The fourth-order valence-electron chi connectivity index (χ4n) is 6.26. The van der Waals surface area contributed by atoms with Gasteiger partial charge in [0, 0.05) is 23.7 Å². The molecule has 0 aromatic heterocycles. The summed E-state index contributed by atoms with van der Waals surface area (Å²) >= 11 is 0. The van der Waals surface area contributed by atoms with Crippen LogP contribution in [0.15, 0.2) is 23.8 Å². The summed E-state index contributed by atoms with van der Waals surface area (Å²) in [6, 6.07) is 0. The zero-order valence-electron chi connectivity index (χ0n) is 14.1. The molecule has 0 bridgehead atoms. The summed E-state index contributed by atoms with van der Waals surface area (Å²) in [5.74, 6) is 4.39. The Labute approximate surface area is 142 Å². The van der Waals surface area contributed by atoms with Crippen molar-refractivity contribution in [3.05, 3.63) is 23.8 Å². The average Bonchev–Trinajstić information content (AvgIpc) is 2.88. The van der Waals surface area contributed by atoms with E-state index in [-0.39, 0.29) is 16.6 Å². The first-order valence-electron chi connectivity index (χ1n) is 9.07. The van der Waals surface area contributed by atoms with Crippen LogP contribution in [0, 0.1) is 40.7 Å². The van der Waals surface area contributed by atoms with Crippen molar-refractivity contribution in [2.45, 2.75) is 51.9 Å². The molecule has 4 aliphatic rings. The molecule has 2 nitrogen and oxygen atoms in total. The lowest BCUT2D eigenvalue weighted by Gasteiger charge is -2.56. The number of hydrogen-bond acceptors (Lipinski definition) is 2. The van der Waals surface area contributed by atoms with Gasteiger partial charge in [-0.05, 0) is 62.0 Å². The highest BCUT2D eigenvalue weighted by atomic mass is 19.1. The van der Waals surface area contributed by atoms with Crippen LogP contribution < -0.4 is 0 Å². The second-order valence-electron chi connectivity index (χ2n) is 8.23. The zero-order valence-corrected chi connectivity index (χ0v) is 14.1. The molecule has 4 rings (SSSR count). The topological polar surface area (TPSA) is 34.1 Å². The number of hydrogen-bond donors (Lipinski definition) is 0. The van der Waals surface area contributed by atoms with Gasteiger partial charge in [-0.3, -0.25) is 9.59 Å². The molecule has 0 N–H and O–H groups in total. The number of carbonyl (C=O) groups excluding carboxylic acids is 2. The van der Waals surface area contributed by atoms with Crippen molar-refractivity contribution in [2.24, 2.45) is 28.6 Å². The highest BCUT2D eigenvalue weighted by Crippen LogP contribution is 2.64. The van der Waals surface area contributed by atoms with E-state index in [1.807, 2.05) is 6.08 Å². The maximum Gasteiger partial charge on any atom is 0.178 e. The molecule has 3 saturated carbocycles. The van der Waals surface area contributed by atoms with E-state index >= 15 is 0 Å². The van der Waals surface area contributed by atoms with E-state index in [2.05, 4.69) is 12.8 Å². The van der Waals surface area contributed by atoms with Gasteiger partial charge < -0.3 is 0 Å². The van der Waals surface area contributed by atoms with Gasteiger partial charge in [-0.15, -0.1) is 4.39 Å². The number of halogens is 1. The smallest absolute Gasteiger partial charge is 0.178 e.